The smallest absolute Gasteiger partial charge is 0.247 e. The summed E-state index contributed by atoms with van der Waals surface area (Å²) in [4.78, 5) is 14.6. The van der Waals surface area contributed by atoms with Gasteiger partial charge in [0.15, 0.2) is 0 Å². The van der Waals surface area contributed by atoms with Crippen LogP contribution in [-0.4, -0.2) is 33.7 Å². The molecule has 1 amide bonds. The van der Waals surface area contributed by atoms with Gasteiger partial charge < -0.3 is 4.90 Å². The molecule has 2 aromatic carbocycles. The van der Waals surface area contributed by atoms with Crippen LogP contribution in [0.2, 0.25) is 0 Å². The second-order valence-corrected chi connectivity index (χ2v) is 8.81. The number of benzene rings is 2. The highest BCUT2D eigenvalue weighted by Gasteiger charge is 2.29. The van der Waals surface area contributed by atoms with Gasteiger partial charge in [-0.25, -0.2) is 8.42 Å². The van der Waals surface area contributed by atoms with Crippen molar-refractivity contribution in [2.24, 2.45) is 0 Å². The zero-order valence-corrected chi connectivity index (χ0v) is 16.2. The van der Waals surface area contributed by atoms with Crippen LogP contribution in [0.25, 0.3) is 0 Å². The fraction of sp³-hybridized carbons (Fsp3) is 0.350. The first kappa shape index (κ1) is 18.5. The lowest BCUT2D eigenvalue weighted by molar-refractivity contribution is -0.117. The molecule has 1 aliphatic heterocycles. The minimum atomic E-state index is -3.59. The third-order valence-corrected chi connectivity index (χ3v) is 5.82. The molecule has 1 heterocycles. The predicted octanol–water partition coefficient (Wildman–Crippen LogP) is 3.17. The van der Waals surface area contributed by atoms with E-state index in [2.05, 4.69) is 0 Å². The first-order chi connectivity index (χ1) is 12.3. The number of amides is 1. The standard InChI is InChI=1S/C20H24N2O3S/c1-15(2)17-9-5-7-11-19(17)22(26(3,24)25)14-20(23)21-13-12-16-8-4-6-10-18(16)21/h4-11,15H,12-14H2,1-3H3. The number of carbonyl (C=O) groups is 1. The molecule has 138 valence electrons. The van der Waals surface area contributed by atoms with Crippen LogP contribution in [0.4, 0.5) is 11.4 Å². The molecule has 0 fully saturated rings. The van der Waals surface area contributed by atoms with Gasteiger partial charge in [0.05, 0.1) is 11.9 Å². The average Bonchev–Trinajstić information content (AvgIpc) is 3.02. The number of carbonyl (C=O) groups excluding carboxylic acids is 1. The zero-order valence-electron chi connectivity index (χ0n) is 15.3. The van der Waals surface area contributed by atoms with Crippen molar-refractivity contribution in [3.63, 3.8) is 0 Å². The van der Waals surface area contributed by atoms with E-state index in [-0.39, 0.29) is 18.4 Å². The largest absolute Gasteiger partial charge is 0.310 e. The summed E-state index contributed by atoms with van der Waals surface area (Å²) < 4.78 is 26.1. The maximum atomic E-state index is 12.9. The average molecular weight is 372 g/mol. The van der Waals surface area contributed by atoms with Gasteiger partial charge in [-0.2, -0.15) is 0 Å². The minimum Gasteiger partial charge on any atom is -0.310 e. The van der Waals surface area contributed by atoms with Crippen LogP contribution in [0.5, 0.6) is 0 Å². The summed E-state index contributed by atoms with van der Waals surface area (Å²) in [6, 6.07) is 15.1. The number of fused-ring (bicyclic) bond motifs is 1. The summed E-state index contributed by atoms with van der Waals surface area (Å²) in [5.74, 6) is -0.0583. The Labute approximate surface area is 155 Å². The van der Waals surface area contributed by atoms with E-state index in [0.29, 0.717) is 12.2 Å². The van der Waals surface area contributed by atoms with Gasteiger partial charge in [-0.05, 0) is 35.6 Å². The molecule has 0 aromatic heterocycles. The van der Waals surface area contributed by atoms with Crippen molar-refractivity contribution < 1.29 is 13.2 Å². The lowest BCUT2D eigenvalue weighted by Crippen LogP contribution is -2.42. The van der Waals surface area contributed by atoms with Crippen LogP contribution in [0.3, 0.4) is 0 Å². The molecule has 6 heteroatoms. The fourth-order valence-electron chi connectivity index (χ4n) is 3.39. The van der Waals surface area contributed by atoms with Crippen LogP contribution in [0, 0.1) is 0 Å². The molecule has 0 saturated carbocycles. The number of anilines is 2. The molecular weight excluding hydrogens is 348 g/mol. The molecule has 0 aliphatic carbocycles. The lowest BCUT2D eigenvalue weighted by atomic mass is 10.0. The van der Waals surface area contributed by atoms with Gasteiger partial charge in [-0.3, -0.25) is 9.10 Å². The molecule has 0 saturated heterocycles. The molecule has 0 atom stereocenters. The van der Waals surface area contributed by atoms with Gasteiger partial charge in [0.2, 0.25) is 15.9 Å². The van der Waals surface area contributed by atoms with Crippen molar-refractivity contribution in [1.82, 2.24) is 0 Å². The van der Waals surface area contributed by atoms with Crippen LogP contribution in [0.15, 0.2) is 48.5 Å². The Bertz CT molecular complexity index is 922. The van der Waals surface area contributed by atoms with Crippen molar-refractivity contribution >= 4 is 27.3 Å². The molecular formula is C20H24N2O3S. The minimum absolute atomic E-state index is 0.151. The third kappa shape index (κ3) is 3.60. The van der Waals surface area contributed by atoms with Crippen molar-refractivity contribution in [2.45, 2.75) is 26.2 Å². The van der Waals surface area contributed by atoms with E-state index in [1.807, 2.05) is 50.2 Å². The number of hydrogen-bond acceptors (Lipinski definition) is 3. The Morgan fingerprint density at radius 2 is 1.77 bits per heavy atom. The summed E-state index contributed by atoms with van der Waals surface area (Å²) in [6.45, 7) is 4.41. The van der Waals surface area contributed by atoms with Crippen molar-refractivity contribution in [1.29, 1.82) is 0 Å². The molecule has 0 unspecified atom stereocenters. The van der Waals surface area contributed by atoms with Crippen molar-refractivity contribution in [3.05, 3.63) is 59.7 Å². The van der Waals surface area contributed by atoms with E-state index < -0.39 is 10.0 Å². The third-order valence-electron chi connectivity index (χ3n) is 4.69. The van der Waals surface area contributed by atoms with Crippen LogP contribution < -0.4 is 9.21 Å². The van der Waals surface area contributed by atoms with Crippen LogP contribution in [0.1, 0.15) is 30.9 Å². The van der Waals surface area contributed by atoms with Gasteiger partial charge in [-0.15, -0.1) is 0 Å². The fourth-order valence-corrected chi connectivity index (χ4v) is 4.26. The SMILES string of the molecule is CC(C)c1ccccc1N(CC(=O)N1CCc2ccccc21)S(C)(=O)=O. The summed E-state index contributed by atoms with van der Waals surface area (Å²) in [5.41, 5.74) is 3.48. The lowest BCUT2D eigenvalue weighted by Gasteiger charge is -2.28. The Morgan fingerprint density at radius 3 is 2.46 bits per heavy atom. The highest BCUT2D eigenvalue weighted by atomic mass is 32.2. The van der Waals surface area contributed by atoms with E-state index in [4.69, 9.17) is 0 Å². The van der Waals surface area contributed by atoms with Gasteiger partial charge in [-0.1, -0.05) is 50.2 Å². The molecule has 26 heavy (non-hydrogen) atoms. The van der Waals surface area contributed by atoms with E-state index in [1.165, 1.54) is 4.31 Å². The Kier molecular flexibility index (Phi) is 5.05. The molecule has 0 spiro atoms. The Balaban J connectivity index is 1.93. The van der Waals surface area contributed by atoms with Gasteiger partial charge in [0.25, 0.3) is 0 Å². The Hall–Kier alpha value is -2.34. The predicted molar refractivity (Wildman–Crippen MR) is 105 cm³/mol. The number of para-hydroxylation sites is 2. The van der Waals surface area contributed by atoms with Crippen molar-refractivity contribution in [2.75, 3.05) is 28.6 Å². The molecule has 0 bridgehead atoms. The highest BCUT2D eigenvalue weighted by Crippen LogP contribution is 2.31. The monoisotopic (exact) mass is 372 g/mol. The molecule has 1 aliphatic rings. The number of rotatable bonds is 5. The van der Waals surface area contributed by atoms with E-state index in [0.717, 1.165) is 29.5 Å². The summed E-state index contributed by atoms with van der Waals surface area (Å²) in [5, 5.41) is 0. The summed E-state index contributed by atoms with van der Waals surface area (Å²) in [6.07, 6.45) is 1.94. The van der Waals surface area contributed by atoms with Gasteiger partial charge >= 0.3 is 0 Å². The molecule has 0 N–H and O–H groups in total. The summed E-state index contributed by atoms with van der Waals surface area (Å²) >= 11 is 0. The summed E-state index contributed by atoms with van der Waals surface area (Å²) in [7, 11) is -3.59. The van der Waals surface area contributed by atoms with Crippen molar-refractivity contribution in [3.8, 4) is 0 Å². The van der Waals surface area contributed by atoms with Crippen LogP contribution in [-0.2, 0) is 21.2 Å². The topological polar surface area (TPSA) is 57.7 Å². The number of hydrogen-bond donors (Lipinski definition) is 0. The first-order valence-corrected chi connectivity index (χ1v) is 10.6. The maximum Gasteiger partial charge on any atom is 0.247 e. The van der Waals surface area contributed by atoms with Gasteiger partial charge in [0, 0.05) is 12.2 Å². The first-order valence-electron chi connectivity index (χ1n) is 8.74. The molecule has 3 rings (SSSR count). The second-order valence-electron chi connectivity index (χ2n) is 6.91. The van der Waals surface area contributed by atoms with E-state index in [1.54, 1.807) is 17.0 Å². The quantitative estimate of drug-likeness (QED) is 0.810. The second kappa shape index (κ2) is 7.11. The molecule has 5 nitrogen and oxygen atoms in total. The number of sulfonamides is 1. The maximum absolute atomic E-state index is 12.9. The van der Waals surface area contributed by atoms with E-state index in [9.17, 15) is 13.2 Å². The van der Waals surface area contributed by atoms with E-state index >= 15 is 0 Å². The number of nitrogens with zero attached hydrogens (tertiary/aromatic N) is 2. The normalized spacial score (nSPS) is 13.8. The molecule has 2 aromatic rings. The zero-order chi connectivity index (χ0) is 18.9. The van der Waals surface area contributed by atoms with Crippen LogP contribution >= 0.6 is 0 Å². The molecule has 0 radical (unpaired) electrons. The van der Waals surface area contributed by atoms with Gasteiger partial charge in [0.1, 0.15) is 6.54 Å². The highest BCUT2D eigenvalue weighted by molar-refractivity contribution is 7.92. The Morgan fingerprint density at radius 1 is 1.12 bits per heavy atom.